The highest BCUT2D eigenvalue weighted by Crippen LogP contribution is 2.14. The van der Waals surface area contributed by atoms with Gasteiger partial charge in [-0.25, -0.2) is 27.1 Å². The zero-order chi connectivity index (χ0) is 25.5. The molecule has 0 unspecified atom stereocenters. The number of nitrogens with one attached hydrogen (secondary N) is 1. The molecule has 2 heterocycles. The Bertz CT molecular complexity index is 693. The number of primary sulfonamides is 2. The van der Waals surface area contributed by atoms with Gasteiger partial charge in [0.1, 0.15) is 0 Å². The van der Waals surface area contributed by atoms with Crippen molar-refractivity contribution >= 4 is 31.6 Å². The molecule has 10 nitrogen and oxygen atoms in total. The van der Waals surface area contributed by atoms with Crippen molar-refractivity contribution in [1.82, 2.24) is 20.0 Å². The van der Waals surface area contributed by atoms with Crippen LogP contribution < -0.4 is 15.6 Å². The van der Waals surface area contributed by atoms with Crippen LogP contribution in [0.4, 0.5) is 0 Å². The third kappa shape index (κ3) is 19.9. The highest BCUT2D eigenvalue weighted by Gasteiger charge is 2.20. The van der Waals surface area contributed by atoms with E-state index in [9.17, 15) is 16.8 Å². The zero-order valence-corrected chi connectivity index (χ0v) is 23.3. The highest BCUT2D eigenvalue weighted by molar-refractivity contribution is 7.89. The van der Waals surface area contributed by atoms with E-state index >= 15 is 0 Å². The summed E-state index contributed by atoms with van der Waals surface area (Å²) in [5.41, 5.74) is 0. The fraction of sp³-hybridized carbons (Fsp3) is 1.00. The van der Waals surface area contributed by atoms with Gasteiger partial charge >= 0.3 is 0 Å². The largest absolute Gasteiger partial charge is 0.317 e. The molecule has 0 atom stereocenters. The molecule has 0 radical (unpaired) electrons. The molecule has 0 aromatic rings. The minimum atomic E-state index is -3.28. The van der Waals surface area contributed by atoms with Gasteiger partial charge in [0, 0.05) is 18.0 Å². The van der Waals surface area contributed by atoms with E-state index in [0.717, 1.165) is 25.7 Å². The Morgan fingerprint density at radius 2 is 1.24 bits per heavy atom. The molecule has 2 aliphatic rings. The first-order valence-corrected chi connectivity index (χ1v) is 15.5. The summed E-state index contributed by atoms with van der Waals surface area (Å²) in [6.07, 6.45) is 6.04. The van der Waals surface area contributed by atoms with Crippen LogP contribution in [0.5, 0.6) is 0 Å². The van der Waals surface area contributed by atoms with Crippen molar-refractivity contribution in [2.24, 2.45) is 10.3 Å². The molecule has 2 saturated heterocycles. The summed E-state index contributed by atoms with van der Waals surface area (Å²) in [5.74, 6) is 0.424. The van der Waals surface area contributed by atoms with Crippen LogP contribution in [0.1, 0.15) is 38.5 Å². The molecule has 0 bridgehead atoms. The minimum absolute atomic E-state index is 0.0174. The number of likely N-dealkylation sites (tertiary alicyclic amines) is 1. The quantitative estimate of drug-likeness (QED) is 0.348. The molecule has 0 aliphatic carbocycles. The number of hydrogen-bond acceptors (Lipinski definition) is 8. The first kappa shape index (κ1) is 33.0. The lowest BCUT2D eigenvalue weighted by atomic mass is 10.0. The smallest absolute Gasteiger partial charge is 0.209 e. The lowest BCUT2D eigenvalue weighted by Crippen LogP contribution is -2.42. The number of alkyl halides is 1. The molecule has 5 N–H and O–H groups in total. The van der Waals surface area contributed by atoms with Crippen molar-refractivity contribution in [2.75, 3.05) is 78.3 Å². The number of rotatable bonds is 9. The molecule has 2 fully saturated rings. The minimum Gasteiger partial charge on any atom is -0.317 e. The van der Waals surface area contributed by atoms with Crippen LogP contribution in [0.2, 0.25) is 0 Å². The van der Waals surface area contributed by atoms with Gasteiger partial charge in [0.15, 0.2) is 0 Å². The predicted molar refractivity (Wildman–Crippen MR) is 139 cm³/mol. The predicted octanol–water partition coefficient (Wildman–Crippen LogP) is -0.105. The topological polar surface area (TPSA) is 142 Å². The van der Waals surface area contributed by atoms with Gasteiger partial charge in [-0.05, 0) is 99.4 Å². The van der Waals surface area contributed by atoms with E-state index in [-0.39, 0.29) is 11.5 Å². The summed E-state index contributed by atoms with van der Waals surface area (Å²) < 4.78 is 41.8. The van der Waals surface area contributed by atoms with Gasteiger partial charge in [-0.1, -0.05) is 0 Å². The third-order valence-electron chi connectivity index (χ3n) is 5.79. The molecule has 0 saturated carbocycles. The third-order valence-corrected chi connectivity index (χ3v) is 7.77. The zero-order valence-electron chi connectivity index (χ0n) is 20.9. The SMILES string of the molecule is CN(C)C1CCN(CCCS(N)(=O)=O)CC1.CN(C)C1CCNCC1.NS(=O)(=O)CCCCl. The Morgan fingerprint density at radius 3 is 1.58 bits per heavy atom. The first-order chi connectivity index (χ1) is 15.2. The standard InChI is InChI=1S/C10H23N3O2S.C7H16N2.C3H8ClNO2S/c1-12(2)10-4-7-13(8-5-10)6-3-9-16(11,14)15;1-9(2)7-3-5-8-6-4-7;4-2-1-3-8(5,6)7/h10H,3-9H2,1-2H3,(H2,11,14,15);7-8H,3-6H2,1-2H3;1-3H2,(H2,5,6,7). The summed E-state index contributed by atoms with van der Waals surface area (Å²) >= 11 is 5.19. The number of nitrogens with zero attached hydrogens (tertiary/aromatic N) is 3. The Hall–Kier alpha value is -0.0500. The monoisotopic (exact) mass is 534 g/mol. The lowest BCUT2D eigenvalue weighted by molar-refractivity contribution is 0.145. The van der Waals surface area contributed by atoms with Gasteiger partial charge in [-0.15, -0.1) is 11.6 Å². The highest BCUT2D eigenvalue weighted by atomic mass is 35.5. The fourth-order valence-corrected chi connectivity index (χ4v) is 5.10. The summed E-state index contributed by atoms with van der Waals surface area (Å²) in [4.78, 5) is 6.91. The Labute approximate surface area is 207 Å². The maximum Gasteiger partial charge on any atom is 0.209 e. The number of halogens is 1. The molecule has 0 aromatic carbocycles. The average Bonchev–Trinajstić information content (AvgIpc) is 2.73. The molecule has 33 heavy (non-hydrogen) atoms. The van der Waals surface area contributed by atoms with Crippen LogP contribution in [-0.2, 0) is 20.0 Å². The van der Waals surface area contributed by atoms with Gasteiger partial charge in [0.05, 0.1) is 11.5 Å². The molecule has 0 aromatic heterocycles. The normalized spacial score (nSPS) is 19.1. The number of hydrogen-bond donors (Lipinski definition) is 3. The Balaban J connectivity index is 0.000000511. The Morgan fingerprint density at radius 1 is 0.818 bits per heavy atom. The summed E-state index contributed by atoms with van der Waals surface area (Å²) in [5, 5.41) is 12.9. The van der Waals surface area contributed by atoms with E-state index in [0.29, 0.717) is 24.8 Å². The number of sulfonamides is 2. The van der Waals surface area contributed by atoms with Crippen LogP contribution in [0.15, 0.2) is 0 Å². The van der Waals surface area contributed by atoms with E-state index in [4.69, 9.17) is 16.7 Å². The van der Waals surface area contributed by atoms with Crippen molar-refractivity contribution in [3.63, 3.8) is 0 Å². The van der Waals surface area contributed by atoms with Crippen molar-refractivity contribution in [1.29, 1.82) is 0 Å². The fourth-order valence-electron chi connectivity index (χ4n) is 3.73. The van der Waals surface area contributed by atoms with Crippen LogP contribution >= 0.6 is 11.6 Å². The summed E-state index contributed by atoms with van der Waals surface area (Å²) in [6.45, 7) is 5.36. The molecular formula is C20H47ClN6O4S2. The van der Waals surface area contributed by atoms with Gasteiger partial charge < -0.3 is 20.0 Å². The van der Waals surface area contributed by atoms with E-state index in [1.165, 1.54) is 38.8 Å². The van der Waals surface area contributed by atoms with Crippen molar-refractivity contribution in [3.8, 4) is 0 Å². The summed E-state index contributed by atoms with van der Waals surface area (Å²) in [6, 6.07) is 1.50. The van der Waals surface area contributed by atoms with Gasteiger partial charge in [0.25, 0.3) is 0 Å². The molecular weight excluding hydrogens is 488 g/mol. The average molecular weight is 535 g/mol. The van der Waals surface area contributed by atoms with Crippen molar-refractivity contribution < 1.29 is 16.8 Å². The molecule has 2 rings (SSSR count). The lowest BCUT2D eigenvalue weighted by Gasteiger charge is -2.35. The first-order valence-electron chi connectivity index (χ1n) is 11.6. The second kappa shape index (κ2) is 17.4. The molecule has 13 heteroatoms. The van der Waals surface area contributed by atoms with Crippen LogP contribution in [0.25, 0.3) is 0 Å². The number of piperidine rings is 2. The van der Waals surface area contributed by atoms with E-state index in [1.807, 2.05) is 0 Å². The molecule has 2 aliphatic heterocycles. The van der Waals surface area contributed by atoms with Crippen LogP contribution in [0, 0.1) is 0 Å². The number of nitrogens with two attached hydrogens (primary N) is 2. The van der Waals surface area contributed by atoms with Crippen molar-refractivity contribution in [2.45, 2.75) is 50.6 Å². The second-order valence-electron chi connectivity index (χ2n) is 9.11. The Kier molecular flexibility index (Phi) is 17.4. The van der Waals surface area contributed by atoms with Gasteiger partial charge in [-0.2, -0.15) is 0 Å². The van der Waals surface area contributed by atoms with Crippen LogP contribution in [-0.4, -0.2) is 122 Å². The van der Waals surface area contributed by atoms with E-state index < -0.39 is 20.0 Å². The van der Waals surface area contributed by atoms with E-state index in [2.05, 4.69) is 53.3 Å². The molecule has 0 spiro atoms. The molecule has 0 amide bonds. The van der Waals surface area contributed by atoms with E-state index in [1.54, 1.807) is 0 Å². The summed E-state index contributed by atoms with van der Waals surface area (Å²) in [7, 11) is 2.00. The maximum absolute atomic E-state index is 10.8. The van der Waals surface area contributed by atoms with Gasteiger partial charge in [0.2, 0.25) is 20.0 Å². The maximum atomic E-state index is 10.8. The van der Waals surface area contributed by atoms with Crippen LogP contribution in [0.3, 0.4) is 0 Å². The van der Waals surface area contributed by atoms with Crippen molar-refractivity contribution in [3.05, 3.63) is 0 Å². The second-order valence-corrected chi connectivity index (χ2v) is 13.0. The van der Waals surface area contributed by atoms with Gasteiger partial charge in [-0.3, -0.25) is 0 Å². The molecule has 200 valence electrons.